The zero-order valence-electron chi connectivity index (χ0n) is 5.90. The first-order valence-electron chi connectivity index (χ1n) is 2.92. The molecule has 0 aromatic rings. The van der Waals surface area contributed by atoms with Crippen molar-refractivity contribution in [2.75, 3.05) is 13.7 Å². The van der Waals surface area contributed by atoms with E-state index in [1.807, 2.05) is 6.92 Å². The Bertz CT molecular complexity index is 74.5. The van der Waals surface area contributed by atoms with E-state index in [-0.39, 0.29) is 0 Å². The predicted octanol–water partition coefficient (Wildman–Crippen LogP) is 1.99. The lowest BCUT2D eigenvalue weighted by Crippen LogP contribution is -1.87. The molecule has 0 aromatic carbocycles. The molecule has 0 atom stereocenters. The monoisotopic (exact) mass is 114 g/mol. The molecule has 0 heterocycles. The van der Waals surface area contributed by atoms with E-state index < -0.39 is 0 Å². The van der Waals surface area contributed by atoms with E-state index in [0.717, 1.165) is 13.0 Å². The van der Waals surface area contributed by atoms with Gasteiger partial charge >= 0.3 is 0 Å². The Morgan fingerprint density at radius 3 is 2.62 bits per heavy atom. The van der Waals surface area contributed by atoms with E-state index in [2.05, 4.69) is 13.0 Å². The number of rotatable bonds is 3. The number of hydrogen-bond donors (Lipinski definition) is 0. The van der Waals surface area contributed by atoms with Crippen molar-refractivity contribution >= 4 is 0 Å². The van der Waals surface area contributed by atoms with Crippen LogP contribution in [0.5, 0.6) is 0 Å². The van der Waals surface area contributed by atoms with Gasteiger partial charge in [-0.1, -0.05) is 11.6 Å². The number of hydrogen-bond acceptors (Lipinski definition) is 1. The zero-order chi connectivity index (χ0) is 6.41. The molecular weight excluding hydrogens is 100 g/mol. The van der Waals surface area contributed by atoms with Crippen LogP contribution in [0.1, 0.15) is 20.3 Å². The molecule has 0 aliphatic carbocycles. The molecule has 1 nitrogen and oxygen atoms in total. The summed E-state index contributed by atoms with van der Waals surface area (Å²) in [5, 5.41) is 0. The van der Waals surface area contributed by atoms with Crippen molar-refractivity contribution in [2.45, 2.75) is 20.3 Å². The maximum absolute atomic E-state index is 4.87. The van der Waals surface area contributed by atoms with Crippen LogP contribution in [-0.4, -0.2) is 13.7 Å². The topological polar surface area (TPSA) is 9.23 Å². The second-order valence-corrected chi connectivity index (χ2v) is 1.88. The molecule has 0 aliphatic heterocycles. The van der Waals surface area contributed by atoms with Gasteiger partial charge in [-0.3, -0.25) is 0 Å². The molecule has 0 aromatic heterocycles. The smallest absolute Gasteiger partial charge is 0.0499 e. The summed E-state index contributed by atoms with van der Waals surface area (Å²) in [5.74, 6) is 0. The van der Waals surface area contributed by atoms with Crippen molar-refractivity contribution in [3.05, 3.63) is 11.6 Å². The van der Waals surface area contributed by atoms with Crippen LogP contribution in [0.4, 0.5) is 0 Å². The highest BCUT2D eigenvalue weighted by Gasteiger charge is 1.83. The van der Waals surface area contributed by atoms with Crippen LogP contribution in [0.15, 0.2) is 11.6 Å². The Morgan fingerprint density at radius 1 is 1.62 bits per heavy atom. The molecule has 0 saturated heterocycles. The highest BCUT2D eigenvalue weighted by atomic mass is 16.5. The summed E-state index contributed by atoms with van der Waals surface area (Å²) in [4.78, 5) is 0. The highest BCUT2D eigenvalue weighted by Crippen LogP contribution is 1.97. The Kier molecular flexibility index (Phi) is 4.67. The Balaban J connectivity index is 3.12. The fraction of sp³-hybridized carbons (Fsp3) is 0.714. The van der Waals surface area contributed by atoms with E-state index in [1.54, 1.807) is 7.11 Å². The third-order valence-electron chi connectivity index (χ3n) is 1.19. The van der Waals surface area contributed by atoms with Crippen molar-refractivity contribution in [3.8, 4) is 0 Å². The molecule has 0 aliphatic rings. The van der Waals surface area contributed by atoms with Gasteiger partial charge in [0.1, 0.15) is 0 Å². The molecule has 0 unspecified atom stereocenters. The van der Waals surface area contributed by atoms with Gasteiger partial charge in [0.25, 0.3) is 0 Å². The van der Waals surface area contributed by atoms with Crippen LogP contribution in [0.25, 0.3) is 0 Å². The SMILES string of the molecule is C/C=C(/C)CCOC. The van der Waals surface area contributed by atoms with Gasteiger partial charge in [0.2, 0.25) is 0 Å². The van der Waals surface area contributed by atoms with Gasteiger partial charge in [0, 0.05) is 13.7 Å². The summed E-state index contributed by atoms with van der Waals surface area (Å²) in [6, 6.07) is 0. The number of allylic oxidation sites excluding steroid dienone is 1. The summed E-state index contributed by atoms with van der Waals surface area (Å²) in [6.45, 7) is 5.00. The largest absolute Gasteiger partial charge is 0.384 e. The standard InChI is InChI=1S/C7H14O/c1-4-7(2)5-6-8-3/h4H,5-6H2,1-3H3/b7-4-. The molecule has 0 amide bonds. The van der Waals surface area contributed by atoms with E-state index in [9.17, 15) is 0 Å². The van der Waals surface area contributed by atoms with Gasteiger partial charge < -0.3 is 4.74 Å². The van der Waals surface area contributed by atoms with Crippen molar-refractivity contribution in [3.63, 3.8) is 0 Å². The van der Waals surface area contributed by atoms with Gasteiger partial charge in [-0.15, -0.1) is 0 Å². The predicted molar refractivity (Wildman–Crippen MR) is 35.9 cm³/mol. The van der Waals surface area contributed by atoms with Gasteiger partial charge in [0.05, 0.1) is 0 Å². The molecule has 0 N–H and O–H groups in total. The van der Waals surface area contributed by atoms with E-state index in [1.165, 1.54) is 5.57 Å². The third kappa shape index (κ3) is 3.88. The maximum atomic E-state index is 4.87. The lowest BCUT2D eigenvalue weighted by molar-refractivity contribution is 0.202. The molecule has 8 heavy (non-hydrogen) atoms. The summed E-state index contributed by atoms with van der Waals surface area (Å²) >= 11 is 0. The fourth-order valence-electron chi connectivity index (χ4n) is 0.407. The van der Waals surface area contributed by atoms with Crippen molar-refractivity contribution in [1.82, 2.24) is 0 Å². The van der Waals surface area contributed by atoms with Crippen molar-refractivity contribution in [2.24, 2.45) is 0 Å². The van der Waals surface area contributed by atoms with Crippen molar-refractivity contribution in [1.29, 1.82) is 0 Å². The average molecular weight is 114 g/mol. The average Bonchev–Trinajstić information content (AvgIpc) is 1.83. The summed E-state index contributed by atoms with van der Waals surface area (Å²) < 4.78 is 4.87. The van der Waals surface area contributed by atoms with E-state index >= 15 is 0 Å². The van der Waals surface area contributed by atoms with Crippen LogP contribution >= 0.6 is 0 Å². The van der Waals surface area contributed by atoms with E-state index in [4.69, 9.17) is 4.74 Å². The Hall–Kier alpha value is -0.300. The van der Waals surface area contributed by atoms with Crippen molar-refractivity contribution < 1.29 is 4.74 Å². The minimum Gasteiger partial charge on any atom is -0.384 e. The molecule has 0 fully saturated rings. The molecule has 0 radical (unpaired) electrons. The molecule has 48 valence electrons. The first-order chi connectivity index (χ1) is 3.81. The molecular formula is C7H14O. The molecule has 0 rings (SSSR count). The molecule has 0 saturated carbocycles. The summed E-state index contributed by atoms with van der Waals surface area (Å²) in [5.41, 5.74) is 1.40. The quantitative estimate of drug-likeness (QED) is 0.510. The van der Waals surface area contributed by atoms with Gasteiger partial charge in [-0.05, 0) is 20.3 Å². The Labute approximate surface area is 51.4 Å². The van der Waals surface area contributed by atoms with Crippen LogP contribution in [0, 0.1) is 0 Å². The third-order valence-corrected chi connectivity index (χ3v) is 1.19. The summed E-state index contributed by atoms with van der Waals surface area (Å²) in [6.07, 6.45) is 3.17. The molecule has 0 spiro atoms. The zero-order valence-corrected chi connectivity index (χ0v) is 5.90. The van der Waals surface area contributed by atoms with Crippen LogP contribution in [0.3, 0.4) is 0 Å². The number of methoxy groups -OCH3 is 1. The molecule has 0 bridgehead atoms. The first kappa shape index (κ1) is 7.70. The lowest BCUT2D eigenvalue weighted by Gasteiger charge is -1.96. The normalized spacial score (nSPS) is 12.1. The minimum absolute atomic E-state index is 0.843. The lowest BCUT2D eigenvalue weighted by atomic mass is 10.2. The summed E-state index contributed by atoms with van der Waals surface area (Å²) in [7, 11) is 1.73. The van der Waals surface area contributed by atoms with Gasteiger partial charge in [0.15, 0.2) is 0 Å². The van der Waals surface area contributed by atoms with Gasteiger partial charge in [-0.25, -0.2) is 0 Å². The highest BCUT2D eigenvalue weighted by molar-refractivity contribution is 4.94. The Morgan fingerprint density at radius 2 is 2.25 bits per heavy atom. The van der Waals surface area contributed by atoms with Crippen LogP contribution < -0.4 is 0 Å². The van der Waals surface area contributed by atoms with Crippen LogP contribution in [0.2, 0.25) is 0 Å². The van der Waals surface area contributed by atoms with Crippen LogP contribution in [-0.2, 0) is 4.74 Å². The molecule has 1 heteroatoms. The second kappa shape index (κ2) is 4.85. The fourth-order valence-corrected chi connectivity index (χ4v) is 0.407. The number of ether oxygens (including phenoxy) is 1. The second-order valence-electron chi connectivity index (χ2n) is 1.88. The van der Waals surface area contributed by atoms with Gasteiger partial charge in [-0.2, -0.15) is 0 Å². The maximum Gasteiger partial charge on any atom is 0.0499 e. The minimum atomic E-state index is 0.843. The van der Waals surface area contributed by atoms with E-state index in [0.29, 0.717) is 0 Å². The first-order valence-corrected chi connectivity index (χ1v) is 2.92.